The van der Waals surface area contributed by atoms with Gasteiger partial charge < -0.3 is 20.1 Å². The summed E-state index contributed by atoms with van der Waals surface area (Å²) in [5.41, 5.74) is 0.823. The molecule has 9 heteroatoms. The zero-order valence-corrected chi connectivity index (χ0v) is 20.4. The highest BCUT2D eigenvalue weighted by Crippen LogP contribution is 2.45. The number of carboxylic acid groups (broad SMARTS) is 1. The summed E-state index contributed by atoms with van der Waals surface area (Å²) >= 11 is 0. The molecule has 4 atom stereocenters. The number of benzene rings is 1. The molecule has 192 valence electrons. The van der Waals surface area contributed by atoms with Crippen molar-refractivity contribution in [2.45, 2.75) is 82.1 Å². The van der Waals surface area contributed by atoms with Crippen molar-refractivity contribution in [1.29, 1.82) is 0 Å². The number of nitrogens with one attached hydrogen (secondary N) is 1. The van der Waals surface area contributed by atoms with Gasteiger partial charge in [-0.05, 0) is 36.8 Å². The lowest BCUT2D eigenvalue weighted by atomic mass is 10.1. The first-order valence-electron chi connectivity index (χ1n) is 12.9. The summed E-state index contributed by atoms with van der Waals surface area (Å²) in [5, 5.41) is 12.6. The van der Waals surface area contributed by atoms with Crippen LogP contribution in [0.15, 0.2) is 36.4 Å². The Bertz CT molecular complexity index is 1060. The van der Waals surface area contributed by atoms with Gasteiger partial charge in [-0.2, -0.15) is 0 Å². The highest BCUT2D eigenvalue weighted by Gasteiger charge is 2.61. The largest absolute Gasteiger partial charge is 0.479 e. The fourth-order valence-corrected chi connectivity index (χ4v) is 5.65. The third-order valence-corrected chi connectivity index (χ3v) is 7.87. The Hall–Kier alpha value is -3.36. The average molecular weight is 496 g/mol. The lowest BCUT2D eigenvalue weighted by Gasteiger charge is -2.25. The number of hydrogen-bond acceptors (Lipinski definition) is 5. The molecule has 2 N–H and O–H groups in total. The quantitative estimate of drug-likeness (QED) is 0.610. The molecule has 3 amide bonds. The van der Waals surface area contributed by atoms with E-state index in [-0.39, 0.29) is 24.8 Å². The Labute approximate surface area is 210 Å². The summed E-state index contributed by atoms with van der Waals surface area (Å²) in [7, 11) is 0. The van der Waals surface area contributed by atoms with E-state index >= 15 is 0 Å². The van der Waals surface area contributed by atoms with E-state index in [1.165, 1.54) is 4.90 Å². The Kier molecular flexibility index (Phi) is 6.73. The third-order valence-electron chi connectivity index (χ3n) is 7.87. The molecule has 3 heterocycles. The van der Waals surface area contributed by atoms with Crippen LogP contribution in [0, 0.1) is 5.92 Å². The van der Waals surface area contributed by atoms with Gasteiger partial charge in [-0.15, -0.1) is 0 Å². The molecule has 1 saturated heterocycles. The molecule has 4 aliphatic rings. The van der Waals surface area contributed by atoms with Crippen molar-refractivity contribution in [1.82, 2.24) is 15.1 Å². The maximum absolute atomic E-state index is 13.3. The first-order chi connectivity index (χ1) is 17.4. The van der Waals surface area contributed by atoms with Crippen LogP contribution < -0.4 is 5.32 Å². The number of rotatable bonds is 2. The molecular formula is C27H33N3O6. The third kappa shape index (κ3) is 4.83. The summed E-state index contributed by atoms with van der Waals surface area (Å²) in [6.45, 7) is 1.06. The zero-order valence-electron chi connectivity index (χ0n) is 20.4. The van der Waals surface area contributed by atoms with Gasteiger partial charge in [0.05, 0.1) is 6.54 Å². The van der Waals surface area contributed by atoms with Crippen LogP contribution in [0.4, 0.5) is 4.79 Å². The fourth-order valence-electron chi connectivity index (χ4n) is 5.65. The topological polar surface area (TPSA) is 116 Å². The molecule has 9 nitrogen and oxygen atoms in total. The van der Waals surface area contributed by atoms with Crippen molar-refractivity contribution in [3.63, 3.8) is 0 Å². The highest BCUT2D eigenvalue weighted by atomic mass is 16.6. The molecule has 36 heavy (non-hydrogen) atoms. The van der Waals surface area contributed by atoms with Gasteiger partial charge in [-0.1, -0.05) is 49.3 Å². The predicted molar refractivity (Wildman–Crippen MR) is 130 cm³/mol. The van der Waals surface area contributed by atoms with Gasteiger partial charge >= 0.3 is 12.1 Å². The fraction of sp³-hybridized carbons (Fsp3) is 0.556. The van der Waals surface area contributed by atoms with Crippen LogP contribution in [0.5, 0.6) is 0 Å². The second kappa shape index (κ2) is 9.95. The number of ether oxygens (including phenoxy) is 1. The van der Waals surface area contributed by atoms with E-state index in [0.717, 1.165) is 43.2 Å². The van der Waals surface area contributed by atoms with Gasteiger partial charge in [-0.25, -0.2) is 9.59 Å². The number of carboxylic acids is 1. The minimum absolute atomic E-state index is 0.132. The van der Waals surface area contributed by atoms with Crippen LogP contribution in [0.25, 0.3) is 0 Å². The predicted octanol–water partition coefficient (Wildman–Crippen LogP) is 2.98. The van der Waals surface area contributed by atoms with Crippen molar-refractivity contribution >= 4 is 23.9 Å². The molecular weight excluding hydrogens is 462 g/mol. The highest BCUT2D eigenvalue weighted by molar-refractivity contribution is 5.94. The molecule has 2 fully saturated rings. The number of amides is 3. The summed E-state index contributed by atoms with van der Waals surface area (Å²) < 4.78 is 5.76. The molecule has 1 aromatic rings. The van der Waals surface area contributed by atoms with Crippen molar-refractivity contribution in [2.75, 3.05) is 6.54 Å². The summed E-state index contributed by atoms with van der Waals surface area (Å²) in [4.78, 5) is 54.5. The maximum Gasteiger partial charge on any atom is 0.410 e. The lowest BCUT2D eigenvalue weighted by Crippen LogP contribution is -2.53. The zero-order chi connectivity index (χ0) is 25.3. The van der Waals surface area contributed by atoms with Gasteiger partial charge in [-0.3, -0.25) is 14.5 Å². The van der Waals surface area contributed by atoms with E-state index in [9.17, 15) is 24.3 Å². The van der Waals surface area contributed by atoms with E-state index in [1.807, 2.05) is 36.4 Å². The molecule has 3 aliphatic heterocycles. The second-order valence-corrected chi connectivity index (χ2v) is 10.4. The molecule has 1 saturated carbocycles. The van der Waals surface area contributed by atoms with Crippen LogP contribution in [-0.4, -0.2) is 63.0 Å². The monoisotopic (exact) mass is 495 g/mol. The van der Waals surface area contributed by atoms with Gasteiger partial charge in [0.2, 0.25) is 11.8 Å². The van der Waals surface area contributed by atoms with Crippen molar-refractivity contribution < 1.29 is 29.0 Å². The van der Waals surface area contributed by atoms with Crippen LogP contribution in [0.3, 0.4) is 0 Å². The first kappa shape index (κ1) is 24.3. The molecule has 5 rings (SSSR count). The first-order valence-corrected chi connectivity index (χ1v) is 12.9. The second-order valence-electron chi connectivity index (χ2n) is 10.4. The van der Waals surface area contributed by atoms with Gasteiger partial charge in [0.1, 0.15) is 17.7 Å². The molecule has 0 aromatic heterocycles. The molecule has 0 spiro atoms. The summed E-state index contributed by atoms with van der Waals surface area (Å²) in [6.07, 6.45) is 8.07. The van der Waals surface area contributed by atoms with E-state index in [0.29, 0.717) is 25.9 Å². The van der Waals surface area contributed by atoms with Crippen LogP contribution in [0.1, 0.15) is 62.5 Å². The number of fused-ring (bicyclic) bond motifs is 3. The van der Waals surface area contributed by atoms with Crippen molar-refractivity contribution in [3.05, 3.63) is 47.5 Å². The minimum atomic E-state index is -1.33. The maximum atomic E-state index is 13.3. The number of allylic oxidation sites excluding steroid dienone is 1. The Balaban J connectivity index is 1.29. The van der Waals surface area contributed by atoms with Gasteiger partial charge in [0.25, 0.3) is 0 Å². The van der Waals surface area contributed by atoms with Gasteiger partial charge in [0.15, 0.2) is 0 Å². The van der Waals surface area contributed by atoms with Crippen molar-refractivity contribution in [3.8, 4) is 0 Å². The van der Waals surface area contributed by atoms with Crippen LogP contribution in [-0.2, 0) is 32.2 Å². The number of nitrogens with zero attached hydrogens (tertiary/aromatic N) is 2. The smallest absolute Gasteiger partial charge is 0.410 e. The molecule has 0 radical (unpaired) electrons. The Morgan fingerprint density at radius 3 is 2.50 bits per heavy atom. The molecule has 0 bridgehead atoms. The van der Waals surface area contributed by atoms with E-state index in [1.54, 1.807) is 4.90 Å². The van der Waals surface area contributed by atoms with E-state index in [2.05, 4.69) is 5.32 Å². The van der Waals surface area contributed by atoms with Crippen LogP contribution >= 0.6 is 0 Å². The van der Waals surface area contributed by atoms with Crippen molar-refractivity contribution in [2.24, 2.45) is 5.92 Å². The van der Waals surface area contributed by atoms with E-state index in [4.69, 9.17) is 4.74 Å². The average Bonchev–Trinajstić information content (AvgIpc) is 3.18. The molecule has 0 unspecified atom stereocenters. The number of carbonyl (C=O) groups excluding carboxylic acids is 3. The van der Waals surface area contributed by atoms with E-state index < -0.39 is 35.7 Å². The molecule has 1 aromatic carbocycles. The Morgan fingerprint density at radius 1 is 1.06 bits per heavy atom. The number of hydrogen-bond donors (Lipinski definition) is 2. The van der Waals surface area contributed by atoms with Crippen LogP contribution in [0.2, 0.25) is 0 Å². The van der Waals surface area contributed by atoms with Gasteiger partial charge in [0, 0.05) is 31.8 Å². The number of carbonyl (C=O) groups is 4. The lowest BCUT2D eigenvalue weighted by molar-refractivity contribution is -0.145. The Morgan fingerprint density at radius 2 is 1.78 bits per heavy atom. The standard InChI is InChI=1S/C27H33N3O6/c31-23-12-6-4-2-1-3-5-11-20-14-27(20,25(33)34)28-24(32)22-13-21(17-30(22)23)36-26(35)29-15-18-9-7-8-10-19(18)16-29/h5,7-11,20-22H,1-4,6,12-17H2,(H,28,32)(H,33,34)/b11-5-/t20-,21-,22+,27-/m1/s1. The summed E-state index contributed by atoms with van der Waals surface area (Å²) in [6, 6.07) is 6.97. The SMILES string of the molecule is O=C1N[C@]2(C(=O)O)C[C@H]2/C=C\CCCCCCC(=O)N2C[C@H](OC(=O)N3Cc4ccccc4C3)C[C@@H]12. The minimum Gasteiger partial charge on any atom is -0.479 e. The summed E-state index contributed by atoms with van der Waals surface area (Å²) in [5.74, 6) is -1.99. The number of aliphatic carboxylic acids is 1. The normalized spacial score (nSPS) is 31.3. The molecule has 1 aliphatic carbocycles.